The molecule has 0 N–H and O–H groups in total. The minimum Gasteiger partial charge on any atom is -0.308 e. The molecule has 0 aromatic rings. The second-order valence-electron chi connectivity index (χ2n) is 4.88. The molecule has 0 aromatic heterocycles. The monoisotopic (exact) mass is 480 g/mol. The van der Waals surface area contributed by atoms with Crippen molar-refractivity contribution in [3.05, 3.63) is 11.9 Å². The summed E-state index contributed by atoms with van der Waals surface area (Å²) in [5.74, 6) is -43.8. The van der Waals surface area contributed by atoms with Crippen LogP contribution in [0.15, 0.2) is 11.9 Å². The third kappa shape index (κ3) is 4.32. The van der Waals surface area contributed by atoms with E-state index in [1.807, 2.05) is 0 Å². The van der Waals surface area contributed by atoms with Gasteiger partial charge in [0.2, 0.25) is 0 Å². The quantitative estimate of drug-likeness (QED) is 0.365. The van der Waals surface area contributed by atoms with Gasteiger partial charge in [-0.15, -0.1) is 0 Å². The van der Waals surface area contributed by atoms with Crippen molar-refractivity contribution in [2.45, 2.75) is 41.9 Å². The summed E-state index contributed by atoms with van der Waals surface area (Å²) in [6, 6.07) is 0. The molecule has 0 amide bonds. The van der Waals surface area contributed by atoms with E-state index in [1.54, 1.807) is 0 Å². The summed E-state index contributed by atoms with van der Waals surface area (Å²) in [5.41, 5.74) is 0. The normalized spacial score (nSPS) is 15.5. The Balaban J connectivity index is 6.10. The van der Waals surface area contributed by atoms with Crippen LogP contribution in [0, 0.1) is 0 Å². The molecule has 0 aliphatic heterocycles. The van der Waals surface area contributed by atoms with Gasteiger partial charge < -0.3 is 4.74 Å². The molecular weight excluding hydrogens is 478 g/mol. The summed E-state index contributed by atoms with van der Waals surface area (Å²) in [5, 5.41) is 0. The van der Waals surface area contributed by atoms with E-state index in [4.69, 9.17) is 0 Å². The highest BCUT2D eigenvalue weighted by molar-refractivity contribution is 5.10. The molecule has 29 heavy (non-hydrogen) atoms. The lowest BCUT2D eigenvalue weighted by Crippen LogP contribution is -2.70. The molecule has 0 heterocycles. The van der Waals surface area contributed by atoms with Gasteiger partial charge >= 0.3 is 48.0 Å². The lowest BCUT2D eigenvalue weighted by molar-refractivity contribution is -0.443. The van der Waals surface area contributed by atoms with Crippen LogP contribution in [-0.4, -0.2) is 48.5 Å². The number of ether oxygens (including phenoxy) is 1. The van der Waals surface area contributed by atoms with Crippen LogP contribution in [0.25, 0.3) is 0 Å². The molecule has 0 radical (unpaired) electrons. The summed E-state index contributed by atoms with van der Waals surface area (Å²) < 4.78 is 227. The predicted octanol–water partition coefficient (Wildman–Crippen LogP) is 6.41. The van der Waals surface area contributed by atoms with E-state index in [0.717, 1.165) is 0 Å². The maximum absolute atomic E-state index is 13.1. The summed E-state index contributed by atoms with van der Waals surface area (Å²) >= 11 is 0. The fourth-order valence-corrected chi connectivity index (χ4v) is 1.25. The number of hydrogen-bond donors (Lipinski definition) is 0. The van der Waals surface area contributed by atoms with Gasteiger partial charge in [-0.1, -0.05) is 0 Å². The predicted molar refractivity (Wildman–Crippen MR) is 52.0 cm³/mol. The maximum Gasteiger partial charge on any atom is 0.460 e. The van der Waals surface area contributed by atoms with Crippen molar-refractivity contribution in [2.75, 3.05) is 6.61 Å². The topological polar surface area (TPSA) is 9.23 Å². The molecule has 0 saturated heterocycles. The highest BCUT2D eigenvalue weighted by Crippen LogP contribution is 2.60. The van der Waals surface area contributed by atoms with Crippen LogP contribution in [0.5, 0.6) is 0 Å². The van der Waals surface area contributed by atoms with Gasteiger partial charge in [0.1, 0.15) is 6.61 Å². The summed E-state index contributed by atoms with van der Waals surface area (Å²) in [6.07, 6.45) is -17.9. The first kappa shape index (κ1) is 27.4. The van der Waals surface area contributed by atoms with Gasteiger partial charge in [-0.05, 0) is 0 Å². The molecule has 0 bridgehead atoms. The van der Waals surface area contributed by atoms with Crippen LogP contribution >= 0.6 is 0 Å². The molecule has 174 valence electrons. The minimum atomic E-state index is -8.29. The molecule has 0 atom stereocenters. The first-order valence-electron chi connectivity index (χ1n) is 6.00. The van der Waals surface area contributed by atoms with Crippen molar-refractivity contribution in [3.8, 4) is 0 Å². The third-order valence-corrected chi connectivity index (χ3v) is 2.85. The zero-order valence-corrected chi connectivity index (χ0v) is 12.4. The van der Waals surface area contributed by atoms with Crippen LogP contribution < -0.4 is 0 Å². The van der Waals surface area contributed by atoms with Crippen molar-refractivity contribution < 1.29 is 83.8 Å². The Morgan fingerprint density at radius 1 is 0.517 bits per heavy atom. The molecule has 19 heteroatoms. The van der Waals surface area contributed by atoms with Crippen molar-refractivity contribution in [3.63, 3.8) is 0 Å². The molecule has 0 aromatic carbocycles. The van der Waals surface area contributed by atoms with Crippen LogP contribution in [0.2, 0.25) is 0 Å². The fourth-order valence-electron chi connectivity index (χ4n) is 1.25. The highest BCUT2D eigenvalue weighted by atomic mass is 19.4. The van der Waals surface area contributed by atoms with Gasteiger partial charge in [0.15, 0.2) is 0 Å². The van der Waals surface area contributed by atoms with Gasteiger partial charge in [-0.2, -0.15) is 79.0 Å². The van der Waals surface area contributed by atoms with Crippen LogP contribution in [-0.2, 0) is 4.74 Å². The summed E-state index contributed by atoms with van der Waals surface area (Å²) in [7, 11) is 0. The highest BCUT2D eigenvalue weighted by Gasteiger charge is 2.90. The Morgan fingerprint density at radius 3 is 1.17 bits per heavy atom. The number of halogens is 18. The molecule has 1 nitrogen and oxygen atoms in total. The Morgan fingerprint density at radius 2 is 0.862 bits per heavy atom. The zero-order valence-electron chi connectivity index (χ0n) is 12.4. The van der Waals surface area contributed by atoms with E-state index in [1.165, 1.54) is 0 Å². The number of alkyl halides is 15. The minimum absolute atomic E-state index is 2.20. The Kier molecular flexibility index (Phi) is 6.90. The van der Waals surface area contributed by atoms with E-state index in [0.29, 0.717) is 0 Å². The van der Waals surface area contributed by atoms with Crippen molar-refractivity contribution in [2.24, 2.45) is 0 Å². The van der Waals surface area contributed by atoms with Gasteiger partial charge in [0.05, 0.1) is 0 Å². The summed E-state index contributed by atoms with van der Waals surface area (Å²) in [6.45, 7) is -4.00. The molecule has 0 aliphatic carbocycles. The SMILES string of the molecule is FC(F)=C(F)C(F)(F)OCC(F)(F)C(F)(F)C(F)(F)C(F)(F)C(F)(F)C(F)(F)F. The van der Waals surface area contributed by atoms with Gasteiger partial charge in [-0.3, -0.25) is 0 Å². The average molecular weight is 480 g/mol. The van der Waals surface area contributed by atoms with E-state index < -0.39 is 60.4 Å². The van der Waals surface area contributed by atoms with Gasteiger partial charge in [0.25, 0.3) is 5.83 Å². The zero-order chi connectivity index (χ0) is 24.1. The maximum atomic E-state index is 13.1. The van der Waals surface area contributed by atoms with E-state index in [9.17, 15) is 79.0 Å². The van der Waals surface area contributed by atoms with Crippen LogP contribution in [0.3, 0.4) is 0 Å². The molecule has 0 rings (SSSR count). The van der Waals surface area contributed by atoms with Crippen LogP contribution in [0.1, 0.15) is 0 Å². The number of hydrogen-bond acceptors (Lipinski definition) is 1. The molecule has 0 unspecified atom stereocenters. The molecule has 0 fully saturated rings. The second kappa shape index (κ2) is 7.29. The number of rotatable bonds is 8. The van der Waals surface area contributed by atoms with Crippen LogP contribution in [0.4, 0.5) is 79.0 Å². The third-order valence-electron chi connectivity index (χ3n) is 2.85. The Bertz CT molecular complexity index is 623. The van der Waals surface area contributed by atoms with E-state index in [2.05, 4.69) is 4.74 Å². The largest absolute Gasteiger partial charge is 0.460 e. The molecular formula is C10H2F18O. The Labute approximate surface area is 145 Å². The smallest absolute Gasteiger partial charge is 0.308 e. The van der Waals surface area contributed by atoms with Crippen molar-refractivity contribution >= 4 is 0 Å². The first-order valence-corrected chi connectivity index (χ1v) is 6.00. The standard InChI is InChI=1S/C10H2F18O/c11-2(3(12)13)5(16,17)29-1-4(14,15)6(18,19)7(20,21)8(22,23)9(24,25)10(26,27)28/h1H2. The van der Waals surface area contributed by atoms with E-state index in [-0.39, 0.29) is 0 Å². The lowest BCUT2D eigenvalue weighted by Gasteiger charge is -2.39. The van der Waals surface area contributed by atoms with Gasteiger partial charge in [-0.25, -0.2) is 0 Å². The van der Waals surface area contributed by atoms with Gasteiger partial charge in [0, 0.05) is 0 Å². The summed E-state index contributed by atoms with van der Waals surface area (Å²) in [4.78, 5) is 0. The lowest BCUT2D eigenvalue weighted by atomic mass is 9.94. The molecule has 0 spiro atoms. The van der Waals surface area contributed by atoms with Crippen molar-refractivity contribution in [1.29, 1.82) is 0 Å². The Hall–Kier alpha value is -1.56. The fraction of sp³-hybridized carbons (Fsp3) is 0.800. The molecule has 0 saturated carbocycles. The molecule has 0 aliphatic rings. The van der Waals surface area contributed by atoms with E-state index >= 15 is 0 Å². The van der Waals surface area contributed by atoms with Crippen molar-refractivity contribution in [1.82, 2.24) is 0 Å². The average Bonchev–Trinajstić information content (AvgIpc) is 2.50. The second-order valence-corrected chi connectivity index (χ2v) is 4.88. The first-order chi connectivity index (χ1) is 12.3.